The zero-order valence-electron chi connectivity index (χ0n) is 9.74. The summed E-state index contributed by atoms with van der Waals surface area (Å²) in [7, 11) is 1.71. The van der Waals surface area contributed by atoms with Gasteiger partial charge in [-0.25, -0.2) is 0 Å². The van der Waals surface area contributed by atoms with Gasteiger partial charge in [-0.15, -0.1) is 0 Å². The number of hydrogen-bond donors (Lipinski definition) is 1. The number of methoxy groups -OCH3 is 1. The van der Waals surface area contributed by atoms with Crippen molar-refractivity contribution in [3.05, 3.63) is 16.4 Å². The Bertz CT molecular complexity index is 347. The summed E-state index contributed by atoms with van der Waals surface area (Å²) in [5.41, 5.74) is 0.987. The Morgan fingerprint density at radius 2 is 2.25 bits per heavy atom. The van der Waals surface area contributed by atoms with Gasteiger partial charge in [-0.1, -0.05) is 0 Å². The topological polar surface area (TPSA) is 39.1 Å². The highest BCUT2D eigenvalue weighted by Gasteiger charge is 2.19. The van der Waals surface area contributed by atoms with E-state index in [1.54, 1.807) is 7.11 Å². The van der Waals surface area contributed by atoms with E-state index in [-0.39, 0.29) is 6.10 Å². The standard InChI is InChI=1S/C11H18BrN3O/c1-8(16-2)11-10(12)7-15(14-11)9-3-5-13-6-4-9/h7-9,13H,3-6H2,1-2H3/t8-/m0/s1. The summed E-state index contributed by atoms with van der Waals surface area (Å²) in [6.45, 7) is 4.18. The lowest BCUT2D eigenvalue weighted by molar-refractivity contribution is 0.114. The van der Waals surface area contributed by atoms with Gasteiger partial charge in [0.1, 0.15) is 5.69 Å². The zero-order valence-corrected chi connectivity index (χ0v) is 11.3. The first-order chi connectivity index (χ1) is 7.72. The molecule has 0 saturated carbocycles. The third-order valence-electron chi connectivity index (χ3n) is 3.13. The molecule has 0 spiro atoms. The molecular formula is C11H18BrN3O. The second-order valence-corrected chi connectivity index (χ2v) is 5.06. The Morgan fingerprint density at radius 3 is 2.88 bits per heavy atom. The first-order valence-corrected chi connectivity index (χ1v) is 6.49. The van der Waals surface area contributed by atoms with Crippen molar-refractivity contribution in [2.75, 3.05) is 20.2 Å². The maximum atomic E-state index is 5.30. The van der Waals surface area contributed by atoms with Crippen molar-refractivity contribution in [1.29, 1.82) is 0 Å². The molecule has 5 heteroatoms. The summed E-state index contributed by atoms with van der Waals surface area (Å²) in [4.78, 5) is 0. The van der Waals surface area contributed by atoms with Gasteiger partial charge in [0.25, 0.3) is 0 Å². The quantitative estimate of drug-likeness (QED) is 0.927. The first kappa shape index (κ1) is 12.1. The summed E-state index contributed by atoms with van der Waals surface area (Å²) < 4.78 is 8.42. The Hall–Kier alpha value is -0.390. The molecule has 0 aromatic carbocycles. The predicted molar refractivity (Wildman–Crippen MR) is 66.5 cm³/mol. The Balaban J connectivity index is 2.16. The summed E-state index contributed by atoms with van der Waals surface area (Å²) >= 11 is 3.55. The van der Waals surface area contributed by atoms with Gasteiger partial charge >= 0.3 is 0 Å². The maximum Gasteiger partial charge on any atom is 0.105 e. The lowest BCUT2D eigenvalue weighted by atomic mass is 10.1. The molecule has 1 atom stereocenters. The van der Waals surface area contributed by atoms with E-state index in [0.717, 1.165) is 36.1 Å². The van der Waals surface area contributed by atoms with Gasteiger partial charge in [-0.05, 0) is 48.8 Å². The molecule has 0 bridgehead atoms. The van der Waals surface area contributed by atoms with Crippen LogP contribution in [-0.2, 0) is 4.74 Å². The van der Waals surface area contributed by atoms with Crippen LogP contribution in [-0.4, -0.2) is 30.0 Å². The molecule has 2 rings (SSSR count). The van der Waals surface area contributed by atoms with Crippen molar-refractivity contribution in [1.82, 2.24) is 15.1 Å². The predicted octanol–water partition coefficient (Wildman–Crippen LogP) is 2.28. The fourth-order valence-corrected chi connectivity index (χ4v) is 2.64. The van der Waals surface area contributed by atoms with Gasteiger partial charge in [0.05, 0.1) is 16.6 Å². The van der Waals surface area contributed by atoms with Crippen molar-refractivity contribution < 1.29 is 4.74 Å². The number of nitrogens with zero attached hydrogens (tertiary/aromatic N) is 2. The molecule has 16 heavy (non-hydrogen) atoms. The van der Waals surface area contributed by atoms with Crippen LogP contribution in [0.5, 0.6) is 0 Å². The van der Waals surface area contributed by atoms with E-state index in [2.05, 4.69) is 37.2 Å². The summed E-state index contributed by atoms with van der Waals surface area (Å²) in [5, 5.41) is 7.98. The van der Waals surface area contributed by atoms with Gasteiger partial charge in [0.2, 0.25) is 0 Å². The molecule has 4 nitrogen and oxygen atoms in total. The fraction of sp³-hybridized carbons (Fsp3) is 0.727. The average Bonchev–Trinajstić information content (AvgIpc) is 2.71. The third-order valence-corrected chi connectivity index (χ3v) is 3.75. The first-order valence-electron chi connectivity index (χ1n) is 5.70. The molecule has 1 N–H and O–H groups in total. The van der Waals surface area contributed by atoms with Crippen molar-refractivity contribution in [3.8, 4) is 0 Å². The molecule has 1 aromatic rings. The molecule has 1 aliphatic rings. The Morgan fingerprint density at radius 1 is 1.56 bits per heavy atom. The van der Waals surface area contributed by atoms with Crippen LogP contribution in [0.15, 0.2) is 10.7 Å². The number of hydrogen-bond acceptors (Lipinski definition) is 3. The number of rotatable bonds is 3. The largest absolute Gasteiger partial charge is 0.375 e. The molecule has 90 valence electrons. The van der Waals surface area contributed by atoms with E-state index in [1.165, 1.54) is 0 Å². The molecule has 1 fully saturated rings. The van der Waals surface area contributed by atoms with E-state index >= 15 is 0 Å². The molecule has 1 saturated heterocycles. The minimum Gasteiger partial charge on any atom is -0.375 e. The number of nitrogens with one attached hydrogen (secondary N) is 1. The van der Waals surface area contributed by atoms with Crippen LogP contribution in [0.2, 0.25) is 0 Å². The van der Waals surface area contributed by atoms with Crippen LogP contribution in [0.4, 0.5) is 0 Å². The van der Waals surface area contributed by atoms with Crippen molar-refractivity contribution in [2.45, 2.75) is 31.9 Å². The normalized spacial score (nSPS) is 19.9. The average molecular weight is 288 g/mol. The van der Waals surface area contributed by atoms with E-state index in [9.17, 15) is 0 Å². The second-order valence-electron chi connectivity index (χ2n) is 4.20. The monoisotopic (exact) mass is 287 g/mol. The second kappa shape index (κ2) is 5.29. The van der Waals surface area contributed by atoms with Gasteiger partial charge in [0.15, 0.2) is 0 Å². The SMILES string of the molecule is CO[C@@H](C)c1nn(C2CCNCC2)cc1Br. The van der Waals surface area contributed by atoms with Crippen LogP contribution in [0.1, 0.15) is 37.6 Å². The van der Waals surface area contributed by atoms with Gasteiger partial charge in [0, 0.05) is 13.3 Å². The number of aromatic nitrogens is 2. The van der Waals surface area contributed by atoms with Crippen molar-refractivity contribution >= 4 is 15.9 Å². The van der Waals surface area contributed by atoms with Gasteiger partial charge < -0.3 is 10.1 Å². The van der Waals surface area contributed by atoms with Crippen LogP contribution in [0.25, 0.3) is 0 Å². The zero-order chi connectivity index (χ0) is 11.5. The third kappa shape index (κ3) is 2.47. The number of halogens is 1. The van der Waals surface area contributed by atoms with Gasteiger partial charge in [-0.2, -0.15) is 5.10 Å². The lowest BCUT2D eigenvalue weighted by Crippen LogP contribution is -2.29. The maximum absolute atomic E-state index is 5.30. The fourth-order valence-electron chi connectivity index (χ4n) is 2.03. The van der Waals surface area contributed by atoms with Gasteiger partial charge in [-0.3, -0.25) is 4.68 Å². The van der Waals surface area contributed by atoms with Crippen LogP contribution < -0.4 is 5.32 Å². The van der Waals surface area contributed by atoms with E-state index in [1.807, 2.05) is 6.92 Å². The van der Waals surface area contributed by atoms with Crippen molar-refractivity contribution in [2.24, 2.45) is 0 Å². The molecule has 0 unspecified atom stereocenters. The van der Waals surface area contributed by atoms with Crippen LogP contribution >= 0.6 is 15.9 Å². The highest BCUT2D eigenvalue weighted by molar-refractivity contribution is 9.10. The van der Waals surface area contributed by atoms with E-state index in [0.29, 0.717) is 6.04 Å². The molecule has 1 aliphatic heterocycles. The molecule has 0 amide bonds. The summed E-state index contributed by atoms with van der Waals surface area (Å²) in [6.07, 6.45) is 4.40. The van der Waals surface area contributed by atoms with Crippen LogP contribution in [0, 0.1) is 0 Å². The van der Waals surface area contributed by atoms with Crippen molar-refractivity contribution in [3.63, 3.8) is 0 Å². The molecule has 1 aromatic heterocycles. The molecule has 2 heterocycles. The summed E-state index contributed by atoms with van der Waals surface area (Å²) in [5.74, 6) is 0. The highest BCUT2D eigenvalue weighted by atomic mass is 79.9. The lowest BCUT2D eigenvalue weighted by Gasteiger charge is -2.22. The van der Waals surface area contributed by atoms with Crippen LogP contribution in [0.3, 0.4) is 0 Å². The number of ether oxygens (including phenoxy) is 1. The molecular weight excluding hydrogens is 270 g/mol. The van der Waals surface area contributed by atoms with E-state index < -0.39 is 0 Å². The molecule has 0 aliphatic carbocycles. The smallest absolute Gasteiger partial charge is 0.105 e. The minimum atomic E-state index is 0.0392. The highest BCUT2D eigenvalue weighted by Crippen LogP contribution is 2.27. The Kier molecular flexibility index (Phi) is 4.00. The summed E-state index contributed by atoms with van der Waals surface area (Å²) in [6, 6.07) is 0.523. The van der Waals surface area contributed by atoms with E-state index in [4.69, 9.17) is 4.74 Å². The minimum absolute atomic E-state index is 0.0392. The number of piperidine rings is 1. The Labute approximate surface area is 104 Å². The molecule has 0 radical (unpaired) electrons.